The predicted molar refractivity (Wildman–Crippen MR) is 104 cm³/mol. The summed E-state index contributed by atoms with van der Waals surface area (Å²) in [6, 6.07) is 16.7. The van der Waals surface area contributed by atoms with Crippen molar-refractivity contribution in [3.8, 4) is 17.0 Å². The van der Waals surface area contributed by atoms with Crippen molar-refractivity contribution in [3.05, 3.63) is 72.0 Å². The number of nitrogens with zero attached hydrogens (tertiary/aromatic N) is 4. The summed E-state index contributed by atoms with van der Waals surface area (Å²) in [5.74, 6) is 0.360. The quantitative estimate of drug-likeness (QED) is 0.365. The molecule has 0 amide bonds. The van der Waals surface area contributed by atoms with Gasteiger partial charge < -0.3 is 4.74 Å². The minimum atomic E-state index is -0.374. The van der Waals surface area contributed by atoms with Crippen LogP contribution >= 0.6 is 11.8 Å². The van der Waals surface area contributed by atoms with Crippen LogP contribution in [-0.4, -0.2) is 38.5 Å². The Labute approximate surface area is 164 Å². The second-order valence-corrected chi connectivity index (χ2v) is 6.83. The molecule has 0 aliphatic rings. The van der Waals surface area contributed by atoms with Crippen LogP contribution in [0.1, 0.15) is 10.4 Å². The number of methoxy groups -OCH3 is 1. The second-order valence-electron chi connectivity index (χ2n) is 5.89. The fourth-order valence-electron chi connectivity index (χ4n) is 2.71. The van der Waals surface area contributed by atoms with Crippen LogP contribution < -0.4 is 4.74 Å². The summed E-state index contributed by atoms with van der Waals surface area (Å²) in [5.41, 5.74) is 2.58. The normalized spacial score (nSPS) is 10.9. The molecule has 0 unspecified atom stereocenters. The van der Waals surface area contributed by atoms with Gasteiger partial charge in [-0.25, -0.2) is 4.39 Å². The number of para-hydroxylation sites is 1. The van der Waals surface area contributed by atoms with E-state index in [-0.39, 0.29) is 17.4 Å². The third-order valence-corrected chi connectivity index (χ3v) is 5.04. The van der Waals surface area contributed by atoms with E-state index >= 15 is 0 Å². The lowest BCUT2D eigenvalue weighted by Crippen LogP contribution is -2.04. The highest BCUT2D eigenvalue weighted by molar-refractivity contribution is 7.99. The van der Waals surface area contributed by atoms with Crippen molar-refractivity contribution in [3.63, 3.8) is 0 Å². The van der Waals surface area contributed by atoms with Gasteiger partial charge in [0.25, 0.3) is 0 Å². The third-order valence-electron chi connectivity index (χ3n) is 4.12. The molecule has 2 heterocycles. The average Bonchev–Trinajstić information content (AvgIpc) is 3.14. The molecule has 140 valence electrons. The number of benzene rings is 2. The second kappa shape index (κ2) is 7.77. The highest BCUT2D eigenvalue weighted by Gasteiger charge is 2.14. The van der Waals surface area contributed by atoms with Crippen molar-refractivity contribution in [1.82, 2.24) is 19.8 Å². The highest BCUT2D eigenvalue weighted by atomic mass is 32.2. The zero-order valence-corrected chi connectivity index (χ0v) is 15.7. The standard InChI is InChI=1S/C20H15FN4O2S/c1-27-18-5-3-2-4-15(18)16-10-11-19-22-23-20(25(19)24-16)28-12-17(26)13-6-8-14(21)9-7-13/h2-11H,12H2,1H3. The number of ketones is 1. The fraction of sp³-hybridized carbons (Fsp3) is 0.100. The Bertz CT molecular complexity index is 1140. The van der Waals surface area contributed by atoms with Crippen LogP contribution in [-0.2, 0) is 0 Å². The minimum Gasteiger partial charge on any atom is -0.496 e. The maximum absolute atomic E-state index is 13.0. The molecule has 0 saturated carbocycles. The molecular weight excluding hydrogens is 379 g/mol. The first-order valence-corrected chi connectivity index (χ1v) is 9.41. The number of carbonyl (C=O) groups excluding carboxylic acids is 1. The van der Waals surface area contributed by atoms with Crippen LogP contribution in [0.4, 0.5) is 4.39 Å². The van der Waals surface area contributed by atoms with Crippen LogP contribution in [0.2, 0.25) is 0 Å². The molecule has 4 aromatic rings. The molecule has 0 bridgehead atoms. The Morgan fingerprint density at radius 1 is 1.07 bits per heavy atom. The van der Waals surface area contributed by atoms with E-state index in [4.69, 9.17) is 4.74 Å². The van der Waals surface area contributed by atoms with Gasteiger partial charge >= 0.3 is 0 Å². The van der Waals surface area contributed by atoms with Gasteiger partial charge in [-0.1, -0.05) is 23.9 Å². The fourth-order valence-corrected chi connectivity index (χ4v) is 3.49. The summed E-state index contributed by atoms with van der Waals surface area (Å²) < 4.78 is 20.0. The van der Waals surface area contributed by atoms with E-state index in [0.717, 1.165) is 5.56 Å². The third kappa shape index (κ3) is 3.59. The Balaban J connectivity index is 1.60. The van der Waals surface area contributed by atoms with Crippen LogP contribution in [0.25, 0.3) is 16.9 Å². The van der Waals surface area contributed by atoms with Crippen molar-refractivity contribution in [2.45, 2.75) is 5.16 Å². The van der Waals surface area contributed by atoms with Gasteiger partial charge in [0.2, 0.25) is 5.16 Å². The summed E-state index contributed by atoms with van der Waals surface area (Å²) in [4.78, 5) is 12.3. The van der Waals surface area contributed by atoms with E-state index in [2.05, 4.69) is 15.3 Å². The summed E-state index contributed by atoms with van der Waals surface area (Å²) in [7, 11) is 1.61. The summed E-state index contributed by atoms with van der Waals surface area (Å²) in [6.45, 7) is 0. The van der Waals surface area contributed by atoms with E-state index < -0.39 is 0 Å². The lowest BCUT2D eigenvalue weighted by Gasteiger charge is -2.08. The van der Waals surface area contributed by atoms with Crippen LogP contribution in [0, 0.1) is 5.82 Å². The number of rotatable bonds is 6. The molecule has 8 heteroatoms. The zero-order chi connectivity index (χ0) is 19.5. The number of thioether (sulfide) groups is 1. The zero-order valence-electron chi connectivity index (χ0n) is 14.9. The van der Waals surface area contributed by atoms with Crippen molar-refractivity contribution in [2.24, 2.45) is 0 Å². The number of fused-ring (bicyclic) bond motifs is 1. The van der Waals surface area contributed by atoms with Crippen LogP contribution in [0.15, 0.2) is 65.8 Å². The Morgan fingerprint density at radius 3 is 2.64 bits per heavy atom. The smallest absolute Gasteiger partial charge is 0.212 e. The molecule has 0 aliphatic carbocycles. The van der Waals surface area contributed by atoms with Gasteiger partial charge in [0.05, 0.1) is 18.6 Å². The summed E-state index contributed by atoms with van der Waals surface area (Å²) in [5, 5.41) is 13.3. The van der Waals surface area contributed by atoms with Crippen molar-refractivity contribution >= 4 is 23.2 Å². The minimum absolute atomic E-state index is 0.123. The van der Waals surface area contributed by atoms with Gasteiger partial charge in [0, 0.05) is 11.1 Å². The number of hydrogen-bond donors (Lipinski definition) is 0. The Morgan fingerprint density at radius 2 is 1.86 bits per heavy atom. The molecule has 0 fully saturated rings. The maximum atomic E-state index is 13.0. The van der Waals surface area contributed by atoms with Crippen molar-refractivity contribution in [1.29, 1.82) is 0 Å². The van der Waals surface area contributed by atoms with E-state index in [1.165, 1.54) is 36.0 Å². The number of carbonyl (C=O) groups is 1. The van der Waals surface area contributed by atoms with E-state index in [9.17, 15) is 9.18 Å². The maximum Gasteiger partial charge on any atom is 0.212 e. The molecular formula is C20H15FN4O2S. The largest absolute Gasteiger partial charge is 0.496 e. The number of halogens is 1. The molecule has 0 aliphatic heterocycles. The molecule has 6 nitrogen and oxygen atoms in total. The summed E-state index contributed by atoms with van der Waals surface area (Å²) in [6.07, 6.45) is 0. The van der Waals surface area contributed by atoms with Crippen LogP contribution in [0.5, 0.6) is 5.75 Å². The number of ether oxygens (including phenoxy) is 1. The molecule has 0 saturated heterocycles. The van der Waals surface area contributed by atoms with E-state index in [1.54, 1.807) is 11.6 Å². The predicted octanol–water partition coefficient (Wildman–Crippen LogP) is 3.91. The molecule has 28 heavy (non-hydrogen) atoms. The molecule has 0 atom stereocenters. The van der Waals surface area contributed by atoms with Crippen molar-refractivity contribution < 1.29 is 13.9 Å². The lowest BCUT2D eigenvalue weighted by atomic mass is 10.1. The van der Waals surface area contributed by atoms with Crippen molar-refractivity contribution in [2.75, 3.05) is 12.9 Å². The van der Waals surface area contributed by atoms with Gasteiger partial charge in [-0.15, -0.1) is 10.2 Å². The first-order chi connectivity index (χ1) is 13.7. The van der Waals surface area contributed by atoms with E-state index in [1.807, 2.05) is 36.4 Å². The van der Waals surface area contributed by atoms with Gasteiger partial charge in [-0.3, -0.25) is 4.79 Å². The molecule has 2 aromatic carbocycles. The lowest BCUT2D eigenvalue weighted by molar-refractivity contribution is 0.102. The molecule has 4 rings (SSSR count). The molecule has 2 aromatic heterocycles. The molecule has 0 spiro atoms. The topological polar surface area (TPSA) is 69.4 Å². The first kappa shape index (κ1) is 18.1. The summed E-state index contributed by atoms with van der Waals surface area (Å²) >= 11 is 1.23. The van der Waals surface area contributed by atoms with Gasteiger partial charge in [-0.2, -0.15) is 9.61 Å². The monoisotopic (exact) mass is 394 g/mol. The first-order valence-electron chi connectivity index (χ1n) is 8.43. The van der Waals surface area contributed by atoms with E-state index in [0.29, 0.717) is 27.8 Å². The Hall–Kier alpha value is -3.26. The molecule has 0 radical (unpaired) electrons. The average molecular weight is 394 g/mol. The highest BCUT2D eigenvalue weighted by Crippen LogP contribution is 2.28. The van der Waals surface area contributed by atoms with Gasteiger partial charge in [0.15, 0.2) is 11.4 Å². The van der Waals surface area contributed by atoms with Gasteiger partial charge in [0.1, 0.15) is 11.6 Å². The number of hydrogen-bond acceptors (Lipinski definition) is 6. The van der Waals surface area contributed by atoms with Gasteiger partial charge in [-0.05, 0) is 48.5 Å². The SMILES string of the molecule is COc1ccccc1-c1ccc2nnc(SCC(=O)c3ccc(F)cc3)n2n1. The number of aromatic nitrogens is 4. The van der Waals surface area contributed by atoms with Crippen LogP contribution in [0.3, 0.4) is 0 Å². The molecule has 0 N–H and O–H groups in total. The Kier molecular flexibility index (Phi) is 5.03. The number of Topliss-reactive ketones (excluding diaryl/α,β-unsaturated/α-hetero) is 1.